The molecule has 4 atom stereocenters. The normalized spacial score (nSPS) is 24.2. The Hall–Kier alpha value is -2.25. The van der Waals surface area contributed by atoms with Gasteiger partial charge in [0.05, 0.1) is 32.0 Å². The summed E-state index contributed by atoms with van der Waals surface area (Å²) >= 11 is 0. The van der Waals surface area contributed by atoms with E-state index in [2.05, 4.69) is 5.32 Å². The molecule has 0 aromatic heterocycles. The SMILES string of the molecule is CO[C@@H]1O[C@H](COCc2ccccc2)C[C@H](OCc2ccccc2)[C@H]1NC(C)=O. The van der Waals surface area contributed by atoms with Crippen molar-refractivity contribution in [2.45, 2.75) is 51.1 Å². The second-order valence-electron chi connectivity index (χ2n) is 7.16. The van der Waals surface area contributed by atoms with Crippen LogP contribution in [0.5, 0.6) is 0 Å². The Morgan fingerprint density at radius 2 is 1.66 bits per heavy atom. The maximum absolute atomic E-state index is 11.7. The van der Waals surface area contributed by atoms with Crippen molar-refractivity contribution in [2.24, 2.45) is 0 Å². The molecule has 0 aliphatic carbocycles. The molecular formula is C23H29NO5. The largest absolute Gasteiger partial charge is 0.374 e. The number of ether oxygens (including phenoxy) is 4. The average molecular weight is 399 g/mol. The van der Waals surface area contributed by atoms with Crippen LogP contribution in [0.2, 0.25) is 0 Å². The van der Waals surface area contributed by atoms with Gasteiger partial charge in [-0.15, -0.1) is 0 Å². The summed E-state index contributed by atoms with van der Waals surface area (Å²) in [6.45, 7) is 2.88. The molecule has 1 fully saturated rings. The minimum absolute atomic E-state index is 0.146. The molecule has 29 heavy (non-hydrogen) atoms. The summed E-state index contributed by atoms with van der Waals surface area (Å²) in [6.07, 6.45) is -0.428. The Labute approximate surface area is 172 Å². The zero-order valence-corrected chi connectivity index (χ0v) is 17.0. The maximum Gasteiger partial charge on any atom is 0.217 e. The summed E-state index contributed by atoms with van der Waals surface area (Å²) in [5, 5.41) is 2.92. The molecule has 0 bridgehead atoms. The van der Waals surface area contributed by atoms with Gasteiger partial charge in [-0.05, 0) is 11.1 Å². The van der Waals surface area contributed by atoms with Crippen LogP contribution in [0, 0.1) is 0 Å². The molecule has 2 aromatic carbocycles. The zero-order chi connectivity index (χ0) is 20.5. The van der Waals surface area contributed by atoms with Gasteiger partial charge in [-0.3, -0.25) is 4.79 Å². The molecular weight excluding hydrogens is 370 g/mol. The van der Waals surface area contributed by atoms with Crippen LogP contribution in [0.25, 0.3) is 0 Å². The number of benzene rings is 2. The Morgan fingerprint density at radius 1 is 1.03 bits per heavy atom. The number of carbonyl (C=O) groups excluding carboxylic acids is 1. The van der Waals surface area contributed by atoms with Crippen molar-refractivity contribution in [3.05, 3.63) is 71.8 Å². The lowest BCUT2D eigenvalue weighted by atomic mass is 9.99. The average Bonchev–Trinajstić information content (AvgIpc) is 2.74. The van der Waals surface area contributed by atoms with Gasteiger partial charge in [0, 0.05) is 20.5 Å². The summed E-state index contributed by atoms with van der Waals surface area (Å²) in [4.78, 5) is 11.7. The first-order valence-corrected chi connectivity index (χ1v) is 9.88. The molecule has 1 N–H and O–H groups in total. The molecule has 0 unspecified atom stereocenters. The summed E-state index contributed by atoms with van der Waals surface area (Å²) in [7, 11) is 1.57. The van der Waals surface area contributed by atoms with Crippen molar-refractivity contribution in [1.82, 2.24) is 5.32 Å². The van der Waals surface area contributed by atoms with Gasteiger partial charge in [0.1, 0.15) is 6.04 Å². The first kappa shape index (κ1) is 21.5. The predicted octanol–water partition coefficient (Wildman–Crippen LogP) is 3.05. The monoisotopic (exact) mass is 399 g/mol. The highest BCUT2D eigenvalue weighted by atomic mass is 16.7. The summed E-state index contributed by atoms with van der Waals surface area (Å²) in [5.41, 5.74) is 2.19. The second-order valence-corrected chi connectivity index (χ2v) is 7.16. The fourth-order valence-electron chi connectivity index (χ4n) is 3.45. The molecule has 3 rings (SSSR count). The molecule has 1 aliphatic rings. The van der Waals surface area contributed by atoms with Crippen LogP contribution >= 0.6 is 0 Å². The van der Waals surface area contributed by atoms with Gasteiger partial charge in [-0.25, -0.2) is 0 Å². The third-order valence-corrected chi connectivity index (χ3v) is 4.84. The Kier molecular flexibility index (Phi) is 8.19. The van der Waals surface area contributed by atoms with Crippen LogP contribution in [0.15, 0.2) is 60.7 Å². The maximum atomic E-state index is 11.7. The van der Waals surface area contributed by atoms with Crippen LogP contribution in [0.3, 0.4) is 0 Å². The van der Waals surface area contributed by atoms with Crippen LogP contribution in [0.4, 0.5) is 0 Å². The summed E-state index contributed by atoms with van der Waals surface area (Å²) in [5.74, 6) is -0.146. The standard InChI is InChI=1S/C23H29NO5/c1-17(25)24-22-21(28-15-19-11-7-4-8-12-19)13-20(29-23(22)26-2)16-27-14-18-9-5-3-6-10-18/h3-12,20-23H,13-16H2,1-2H3,(H,24,25)/t20-,21-,22+,23+/m0/s1. The highest BCUT2D eigenvalue weighted by Crippen LogP contribution is 2.25. The molecule has 2 aromatic rings. The first-order chi connectivity index (χ1) is 14.2. The number of carbonyl (C=O) groups is 1. The molecule has 1 heterocycles. The van der Waals surface area contributed by atoms with Gasteiger partial charge < -0.3 is 24.3 Å². The topological polar surface area (TPSA) is 66.0 Å². The highest BCUT2D eigenvalue weighted by molar-refractivity contribution is 5.73. The Balaban J connectivity index is 1.61. The number of hydrogen-bond donors (Lipinski definition) is 1. The van der Waals surface area contributed by atoms with Crippen LogP contribution in [-0.4, -0.2) is 44.2 Å². The number of methoxy groups -OCH3 is 1. The van der Waals surface area contributed by atoms with Crippen LogP contribution in [-0.2, 0) is 37.0 Å². The third kappa shape index (κ3) is 6.65. The minimum Gasteiger partial charge on any atom is -0.374 e. The number of amides is 1. The van der Waals surface area contributed by atoms with E-state index < -0.39 is 6.29 Å². The Morgan fingerprint density at radius 3 is 2.24 bits per heavy atom. The number of hydrogen-bond acceptors (Lipinski definition) is 5. The van der Waals surface area contributed by atoms with Crippen molar-refractivity contribution in [3.63, 3.8) is 0 Å². The molecule has 6 nitrogen and oxygen atoms in total. The van der Waals surface area contributed by atoms with E-state index in [1.807, 2.05) is 60.7 Å². The molecule has 0 saturated carbocycles. The van der Waals surface area contributed by atoms with Gasteiger partial charge in [0.15, 0.2) is 6.29 Å². The first-order valence-electron chi connectivity index (χ1n) is 9.88. The van der Waals surface area contributed by atoms with E-state index in [0.29, 0.717) is 26.2 Å². The van der Waals surface area contributed by atoms with E-state index in [-0.39, 0.29) is 24.2 Å². The van der Waals surface area contributed by atoms with Gasteiger partial charge in [0.2, 0.25) is 5.91 Å². The van der Waals surface area contributed by atoms with E-state index in [1.165, 1.54) is 6.92 Å². The quantitative estimate of drug-likeness (QED) is 0.702. The lowest BCUT2D eigenvalue weighted by molar-refractivity contribution is -0.238. The lowest BCUT2D eigenvalue weighted by Gasteiger charge is -2.41. The summed E-state index contributed by atoms with van der Waals surface area (Å²) < 4.78 is 23.6. The van der Waals surface area contributed by atoms with Gasteiger partial charge in [-0.1, -0.05) is 60.7 Å². The smallest absolute Gasteiger partial charge is 0.217 e. The van der Waals surface area contributed by atoms with Gasteiger partial charge >= 0.3 is 0 Å². The van der Waals surface area contributed by atoms with Crippen LogP contribution < -0.4 is 5.32 Å². The lowest BCUT2D eigenvalue weighted by Crippen LogP contribution is -2.58. The molecule has 1 saturated heterocycles. The van der Waals surface area contributed by atoms with E-state index in [9.17, 15) is 4.79 Å². The Bertz CT molecular complexity index is 739. The van der Waals surface area contributed by atoms with Crippen molar-refractivity contribution in [2.75, 3.05) is 13.7 Å². The van der Waals surface area contributed by atoms with E-state index >= 15 is 0 Å². The molecule has 0 radical (unpaired) electrons. The fraction of sp³-hybridized carbons (Fsp3) is 0.435. The zero-order valence-electron chi connectivity index (χ0n) is 17.0. The van der Waals surface area contributed by atoms with Crippen molar-refractivity contribution in [1.29, 1.82) is 0 Å². The molecule has 1 amide bonds. The second kappa shape index (κ2) is 11.1. The molecule has 1 aliphatic heterocycles. The molecule has 6 heteroatoms. The highest BCUT2D eigenvalue weighted by Gasteiger charge is 2.40. The molecule has 0 spiro atoms. The van der Waals surface area contributed by atoms with E-state index in [4.69, 9.17) is 18.9 Å². The minimum atomic E-state index is -0.598. The van der Waals surface area contributed by atoms with Crippen LogP contribution in [0.1, 0.15) is 24.5 Å². The third-order valence-electron chi connectivity index (χ3n) is 4.84. The number of rotatable bonds is 9. The fourth-order valence-corrected chi connectivity index (χ4v) is 3.45. The van der Waals surface area contributed by atoms with E-state index in [1.54, 1.807) is 7.11 Å². The van der Waals surface area contributed by atoms with Gasteiger partial charge in [0.25, 0.3) is 0 Å². The van der Waals surface area contributed by atoms with Gasteiger partial charge in [-0.2, -0.15) is 0 Å². The number of nitrogens with one attached hydrogen (secondary N) is 1. The van der Waals surface area contributed by atoms with E-state index in [0.717, 1.165) is 11.1 Å². The van der Waals surface area contributed by atoms with Crippen molar-refractivity contribution < 1.29 is 23.7 Å². The predicted molar refractivity (Wildman–Crippen MR) is 109 cm³/mol. The summed E-state index contributed by atoms with van der Waals surface area (Å²) in [6, 6.07) is 19.6. The molecule has 156 valence electrons. The van der Waals surface area contributed by atoms with Crippen molar-refractivity contribution in [3.8, 4) is 0 Å². The van der Waals surface area contributed by atoms with Crippen molar-refractivity contribution >= 4 is 5.91 Å².